The second-order valence-corrected chi connectivity index (χ2v) is 6.20. The van der Waals surface area contributed by atoms with E-state index < -0.39 is 0 Å². The highest BCUT2D eigenvalue weighted by atomic mass is 35.5. The molecule has 1 fully saturated rings. The van der Waals surface area contributed by atoms with Crippen LogP contribution in [0.5, 0.6) is 5.75 Å². The number of benzene rings is 2. The molecule has 1 aliphatic rings. The van der Waals surface area contributed by atoms with Gasteiger partial charge in [-0.1, -0.05) is 48.7 Å². The van der Waals surface area contributed by atoms with Crippen LogP contribution in [0.15, 0.2) is 36.4 Å². The van der Waals surface area contributed by atoms with Gasteiger partial charge in [0.1, 0.15) is 12.4 Å². The minimum atomic E-state index is 0.693. The second kappa shape index (κ2) is 7.15. The van der Waals surface area contributed by atoms with Gasteiger partial charge in [0.05, 0.1) is 0 Å². The Hall–Kier alpha value is -1.25. The van der Waals surface area contributed by atoms with Gasteiger partial charge in [-0.3, -0.25) is 0 Å². The highest BCUT2D eigenvalue weighted by Crippen LogP contribution is 2.31. The first-order valence-electron chi connectivity index (χ1n) is 7.85. The molecule has 1 saturated carbocycles. The summed E-state index contributed by atoms with van der Waals surface area (Å²) in [4.78, 5) is 0. The van der Waals surface area contributed by atoms with Crippen LogP contribution in [0.2, 0.25) is 5.02 Å². The van der Waals surface area contributed by atoms with Crippen LogP contribution in [-0.2, 0) is 0 Å². The fourth-order valence-electron chi connectivity index (χ4n) is 3.11. The average molecular weight is 304 g/mol. The summed E-state index contributed by atoms with van der Waals surface area (Å²) in [5, 5.41) is 6.42. The molecule has 0 atom stereocenters. The average Bonchev–Trinajstić information content (AvgIpc) is 3.03. The molecule has 0 bridgehead atoms. The van der Waals surface area contributed by atoms with Crippen LogP contribution in [0.4, 0.5) is 0 Å². The third kappa shape index (κ3) is 3.69. The van der Waals surface area contributed by atoms with Crippen LogP contribution in [0.25, 0.3) is 10.8 Å². The molecule has 0 aromatic heterocycles. The van der Waals surface area contributed by atoms with Gasteiger partial charge in [0.25, 0.3) is 0 Å². The van der Waals surface area contributed by atoms with Gasteiger partial charge in [-0.05, 0) is 37.4 Å². The molecular weight excluding hydrogens is 282 g/mol. The number of nitrogens with one attached hydrogen (secondary N) is 1. The van der Waals surface area contributed by atoms with Crippen molar-refractivity contribution in [2.45, 2.75) is 25.7 Å². The van der Waals surface area contributed by atoms with Gasteiger partial charge < -0.3 is 10.1 Å². The van der Waals surface area contributed by atoms with E-state index in [0.29, 0.717) is 6.61 Å². The lowest BCUT2D eigenvalue weighted by Crippen LogP contribution is -2.26. The second-order valence-electron chi connectivity index (χ2n) is 5.79. The van der Waals surface area contributed by atoms with Crippen molar-refractivity contribution in [2.75, 3.05) is 19.7 Å². The van der Waals surface area contributed by atoms with Crippen molar-refractivity contribution >= 4 is 22.4 Å². The number of rotatable bonds is 6. The molecule has 3 heteroatoms. The molecular formula is C18H22ClNO. The van der Waals surface area contributed by atoms with Gasteiger partial charge in [0.2, 0.25) is 0 Å². The molecule has 0 amide bonds. The fourth-order valence-corrected chi connectivity index (χ4v) is 3.34. The standard InChI is InChI=1S/C18H22ClNO/c19-17-9-10-18(16-8-4-3-7-15(16)17)21-12-11-20-13-14-5-1-2-6-14/h3-4,7-10,14,20H,1-2,5-6,11-13H2. The molecule has 0 aliphatic heterocycles. The third-order valence-corrected chi connectivity index (χ3v) is 4.60. The van der Waals surface area contributed by atoms with Crippen molar-refractivity contribution in [1.82, 2.24) is 5.32 Å². The van der Waals surface area contributed by atoms with Crippen LogP contribution < -0.4 is 10.1 Å². The molecule has 21 heavy (non-hydrogen) atoms. The zero-order valence-corrected chi connectivity index (χ0v) is 13.0. The van der Waals surface area contributed by atoms with Crippen molar-refractivity contribution in [3.8, 4) is 5.75 Å². The maximum absolute atomic E-state index is 6.22. The lowest BCUT2D eigenvalue weighted by molar-refractivity contribution is 0.312. The fraction of sp³-hybridized carbons (Fsp3) is 0.444. The first-order chi connectivity index (χ1) is 10.3. The Balaban J connectivity index is 1.52. The molecule has 3 rings (SSSR count). The summed E-state index contributed by atoms with van der Waals surface area (Å²) in [5.74, 6) is 1.79. The Kier molecular flexibility index (Phi) is 5.00. The van der Waals surface area contributed by atoms with Crippen LogP contribution in [0, 0.1) is 5.92 Å². The predicted molar refractivity (Wildman–Crippen MR) is 89.3 cm³/mol. The monoisotopic (exact) mass is 303 g/mol. The summed E-state index contributed by atoms with van der Waals surface area (Å²) < 4.78 is 5.92. The molecule has 0 heterocycles. The zero-order chi connectivity index (χ0) is 14.5. The number of hydrogen-bond acceptors (Lipinski definition) is 2. The first kappa shape index (κ1) is 14.7. The minimum Gasteiger partial charge on any atom is -0.492 e. The Bertz CT molecular complexity index is 593. The van der Waals surface area contributed by atoms with E-state index in [1.165, 1.54) is 25.7 Å². The normalized spacial score (nSPS) is 15.7. The summed E-state index contributed by atoms with van der Waals surface area (Å²) in [6.45, 7) is 2.72. The number of fused-ring (bicyclic) bond motifs is 1. The van der Waals surface area contributed by atoms with Crippen LogP contribution >= 0.6 is 11.6 Å². The number of hydrogen-bond donors (Lipinski definition) is 1. The van der Waals surface area contributed by atoms with E-state index in [2.05, 4.69) is 11.4 Å². The van der Waals surface area contributed by atoms with E-state index in [9.17, 15) is 0 Å². The SMILES string of the molecule is Clc1ccc(OCCNCC2CCCC2)c2ccccc12. The summed E-state index contributed by atoms with van der Waals surface area (Å²) in [7, 11) is 0. The van der Waals surface area contributed by atoms with Crippen molar-refractivity contribution in [3.05, 3.63) is 41.4 Å². The van der Waals surface area contributed by atoms with Crippen molar-refractivity contribution in [1.29, 1.82) is 0 Å². The Morgan fingerprint density at radius 3 is 2.62 bits per heavy atom. The van der Waals surface area contributed by atoms with E-state index in [1.54, 1.807) is 0 Å². The predicted octanol–water partition coefficient (Wildman–Crippen LogP) is 4.65. The quantitative estimate of drug-likeness (QED) is 0.784. The maximum atomic E-state index is 6.22. The summed E-state index contributed by atoms with van der Waals surface area (Å²) in [5.41, 5.74) is 0. The van der Waals surface area contributed by atoms with E-state index in [4.69, 9.17) is 16.3 Å². The van der Waals surface area contributed by atoms with Crippen LogP contribution in [0.3, 0.4) is 0 Å². The van der Waals surface area contributed by atoms with Gasteiger partial charge in [-0.15, -0.1) is 0 Å². The van der Waals surface area contributed by atoms with E-state index >= 15 is 0 Å². The molecule has 2 aromatic rings. The van der Waals surface area contributed by atoms with Gasteiger partial charge in [0.15, 0.2) is 0 Å². The molecule has 0 spiro atoms. The van der Waals surface area contributed by atoms with Crippen molar-refractivity contribution < 1.29 is 4.74 Å². The molecule has 2 aromatic carbocycles. The molecule has 1 N–H and O–H groups in total. The van der Waals surface area contributed by atoms with Gasteiger partial charge in [0, 0.05) is 22.3 Å². The molecule has 0 unspecified atom stereocenters. The zero-order valence-electron chi connectivity index (χ0n) is 12.3. The van der Waals surface area contributed by atoms with Crippen LogP contribution in [0.1, 0.15) is 25.7 Å². The minimum absolute atomic E-state index is 0.693. The van der Waals surface area contributed by atoms with Crippen molar-refractivity contribution in [3.63, 3.8) is 0 Å². The van der Waals surface area contributed by atoms with Crippen molar-refractivity contribution in [2.24, 2.45) is 5.92 Å². The Morgan fingerprint density at radius 2 is 1.81 bits per heavy atom. The smallest absolute Gasteiger partial charge is 0.127 e. The molecule has 0 radical (unpaired) electrons. The molecule has 2 nitrogen and oxygen atoms in total. The van der Waals surface area contributed by atoms with E-state index in [0.717, 1.165) is 40.6 Å². The Labute approximate surface area is 131 Å². The van der Waals surface area contributed by atoms with Gasteiger partial charge in [-0.25, -0.2) is 0 Å². The van der Waals surface area contributed by atoms with Crippen LogP contribution in [-0.4, -0.2) is 19.7 Å². The number of halogens is 1. The molecule has 112 valence electrons. The maximum Gasteiger partial charge on any atom is 0.127 e. The largest absolute Gasteiger partial charge is 0.492 e. The van der Waals surface area contributed by atoms with Gasteiger partial charge >= 0.3 is 0 Å². The first-order valence-corrected chi connectivity index (χ1v) is 8.23. The number of ether oxygens (including phenoxy) is 1. The highest BCUT2D eigenvalue weighted by molar-refractivity contribution is 6.35. The van der Waals surface area contributed by atoms with Gasteiger partial charge in [-0.2, -0.15) is 0 Å². The lowest BCUT2D eigenvalue weighted by Gasteiger charge is -2.13. The highest BCUT2D eigenvalue weighted by Gasteiger charge is 2.13. The third-order valence-electron chi connectivity index (χ3n) is 4.28. The van der Waals surface area contributed by atoms with E-state index in [-0.39, 0.29) is 0 Å². The summed E-state index contributed by atoms with van der Waals surface area (Å²) in [6, 6.07) is 12.0. The Morgan fingerprint density at radius 1 is 1.05 bits per heavy atom. The lowest BCUT2D eigenvalue weighted by atomic mass is 10.1. The molecule has 1 aliphatic carbocycles. The topological polar surface area (TPSA) is 21.3 Å². The summed E-state index contributed by atoms with van der Waals surface area (Å²) >= 11 is 6.22. The summed E-state index contributed by atoms with van der Waals surface area (Å²) in [6.07, 6.45) is 5.57. The molecule has 0 saturated heterocycles. The van der Waals surface area contributed by atoms with E-state index in [1.807, 2.05) is 30.3 Å².